The van der Waals surface area contributed by atoms with Crippen molar-refractivity contribution in [2.45, 2.75) is 5.51 Å². The molecular weight excluding hydrogens is 372 g/mol. The fourth-order valence-corrected chi connectivity index (χ4v) is 6.71. The van der Waals surface area contributed by atoms with Gasteiger partial charge in [0.1, 0.15) is 0 Å². The first-order chi connectivity index (χ1) is 9.81. The fraction of sp³-hybridized carbons (Fsp3) is 0.0769. The van der Waals surface area contributed by atoms with E-state index in [2.05, 4.69) is 3.27 Å². The van der Waals surface area contributed by atoms with Gasteiger partial charge in [0, 0.05) is 0 Å². The van der Waals surface area contributed by atoms with Gasteiger partial charge in [-0.1, -0.05) is 0 Å². The summed E-state index contributed by atoms with van der Waals surface area (Å²) < 4.78 is 65.6. The predicted octanol–water partition coefficient (Wildman–Crippen LogP) is 1.66. The van der Waals surface area contributed by atoms with E-state index in [4.69, 9.17) is 0 Å². The molecule has 0 aliphatic heterocycles. The molecule has 0 aliphatic rings. The number of hydrogen-bond donors (Lipinski definition) is 0. The van der Waals surface area contributed by atoms with Crippen LogP contribution >= 0.6 is 0 Å². The molecule has 0 heterocycles. The molecule has 3 nitrogen and oxygen atoms in total. The first-order valence-electron chi connectivity index (χ1n) is 5.67. The van der Waals surface area contributed by atoms with E-state index in [0.29, 0.717) is 8.92 Å². The first kappa shape index (κ1) is 16.0. The maximum atomic E-state index is 12.5. The molecule has 2 rings (SSSR count). The van der Waals surface area contributed by atoms with Crippen LogP contribution in [0.5, 0.6) is 0 Å². The Labute approximate surface area is 124 Å². The fourth-order valence-electron chi connectivity index (χ4n) is 1.43. The summed E-state index contributed by atoms with van der Waals surface area (Å²) in [6, 6.07) is 16.1. The van der Waals surface area contributed by atoms with Gasteiger partial charge < -0.3 is 0 Å². The summed E-state index contributed by atoms with van der Waals surface area (Å²) in [6.45, 7) is 0. The Balaban J connectivity index is 2.44. The number of rotatable bonds is 4. The van der Waals surface area contributed by atoms with Crippen molar-refractivity contribution in [2.24, 2.45) is 0 Å². The molecule has 0 aliphatic carbocycles. The summed E-state index contributed by atoms with van der Waals surface area (Å²) in [5.41, 5.74) is -5.43. The van der Waals surface area contributed by atoms with Gasteiger partial charge in [-0.2, -0.15) is 0 Å². The van der Waals surface area contributed by atoms with Crippen LogP contribution in [0.1, 0.15) is 0 Å². The molecule has 113 valence electrons. The molecular formula is C13H10F3O3SSe. The SMILES string of the molecule is O=S(=O)(O[Se](c1ccccc1)c1ccccc1)C(F)(F)F. The van der Waals surface area contributed by atoms with Crippen LogP contribution in [0.3, 0.4) is 0 Å². The molecule has 0 atom stereocenters. The minimum absolute atomic E-state index is 0.441. The monoisotopic (exact) mass is 383 g/mol. The van der Waals surface area contributed by atoms with Crippen LogP contribution in [-0.2, 0) is 13.4 Å². The molecule has 0 unspecified atom stereocenters. The summed E-state index contributed by atoms with van der Waals surface area (Å²) in [5, 5.41) is 0. The summed E-state index contributed by atoms with van der Waals surface area (Å²) in [5.74, 6) is 0. The Bertz CT molecular complexity index is 648. The first-order valence-corrected chi connectivity index (χ1v) is 9.49. The Morgan fingerprint density at radius 3 is 1.52 bits per heavy atom. The molecule has 0 saturated heterocycles. The van der Waals surface area contributed by atoms with Crippen molar-refractivity contribution in [2.75, 3.05) is 0 Å². The second kappa shape index (κ2) is 6.19. The van der Waals surface area contributed by atoms with Gasteiger partial charge in [0.15, 0.2) is 0 Å². The topological polar surface area (TPSA) is 43.4 Å². The van der Waals surface area contributed by atoms with Crippen molar-refractivity contribution in [1.82, 2.24) is 0 Å². The maximum absolute atomic E-state index is 12.5. The Morgan fingerprint density at radius 1 is 0.810 bits per heavy atom. The van der Waals surface area contributed by atoms with Crippen LogP contribution in [-0.4, -0.2) is 28.2 Å². The van der Waals surface area contributed by atoms with Crippen LogP contribution < -0.4 is 8.92 Å². The average Bonchev–Trinajstić information content (AvgIpc) is 2.45. The quantitative estimate of drug-likeness (QED) is 0.597. The summed E-state index contributed by atoms with van der Waals surface area (Å²) >= 11 is -2.82. The third kappa shape index (κ3) is 3.85. The van der Waals surface area contributed by atoms with E-state index in [0.717, 1.165) is 0 Å². The molecule has 2 aromatic rings. The zero-order valence-corrected chi connectivity index (χ0v) is 13.0. The molecule has 0 amide bonds. The van der Waals surface area contributed by atoms with Crippen LogP contribution in [0.2, 0.25) is 0 Å². The van der Waals surface area contributed by atoms with Gasteiger partial charge in [0.05, 0.1) is 0 Å². The number of alkyl halides is 3. The third-order valence-electron chi connectivity index (χ3n) is 2.36. The van der Waals surface area contributed by atoms with Crippen molar-refractivity contribution in [3.8, 4) is 0 Å². The molecule has 0 spiro atoms. The van der Waals surface area contributed by atoms with E-state index in [1.54, 1.807) is 60.7 Å². The Morgan fingerprint density at radius 2 is 1.19 bits per heavy atom. The van der Waals surface area contributed by atoms with Crippen LogP contribution in [0.4, 0.5) is 13.2 Å². The van der Waals surface area contributed by atoms with Gasteiger partial charge in [-0.05, 0) is 0 Å². The van der Waals surface area contributed by atoms with E-state index in [9.17, 15) is 21.6 Å². The second-order valence-corrected chi connectivity index (χ2v) is 9.33. The molecule has 0 N–H and O–H groups in total. The zero-order valence-electron chi connectivity index (χ0n) is 10.4. The Hall–Kier alpha value is -1.34. The summed E-state index contributed by atoms with van der Waals surface area (Å²) in [4.78, 5) is 0. The molecule has 2 aromatic carbocycles. The number of hydrogen-bond acceptors (Lipinski definition) is 3. The van der Waals surface area contributed by atoms with Crippen molar-refractivity contribution < 1.29 is 24.9 Å². The van der Waals surface area contributed by atoms with E-state index in [-0.39, 0.29) is 0 Å². The van der Waals surface area contributed by atoms with Crippen molar-refractivity contribution in [1.29, 1.82) is 0 Å². The van der Waals surface area contributed by atoms with Crippen molar-refractivity contribution in [3.63, 3.8) is 0 Å². The van der Waals surface area contributed by atoms with Gasteiger partial charge in [-0.3, -0.25) is 0 Å². The summed E-state index contributed by atoms with van der Waals surface area (Å²) in [6.07, 6.45) is 0. The summed E-state index contributed by atoms with van der Waals surface area (Å²) in [7, 11) is -5.64. The van der Waals surface area contributed by atoms with Crippen LogP contribution in [0.15, 0.2) is 60.7 Å². The van der Waals surface area contributed by atoms with Crippen LogP contribution in [0, 0.1) is 0 Å². The Kier molecular flexibility index (Phi) is 4.73. The molecule has 0 fully saturated rings. The van der Waals surface area contributed by atoms with E-state index >= 15 is 0 Å². The molecule has 0 bridgehead atoms. The molecule has 21 heavy (non-hydrogen) atoms. The average molecular weight is 382 g/mol. The minimum atomic E-state index is -5.64. The van der Waals surface area contributed by atoms with Crippen LogP contribution in [0.25, 0.3) is 0 Å². The van der Waals surface area contributed by atoms with Crippen molar-refractivity contribution in [3.05, 3.63) is 60.7 Å². The predicted molar refractivity (Wildman–Crippen MR) is 74.0 cm³/mol. The zero-order chi connectivity index (χ0) is 15.5. The third-order valence-corrected chi connectivity index (χ3v) is 8.16. The van der Waals surface area contributed by atoms with Gasteiger partial charge in [0.25, 0.3) is 0 Å². The normalized spacial score (nSPS) is 12.6. The van der Waals surface area contributed by atoms with Gasteiger partial charge in [0.2, 0.25) is 0 Å². The van der Waals surface area contributed by atoms with Crippen molar-refractivity contribution >= 4 is 33.3 Å². The second-order valence-electron chi connectivity index (χ2n) is 3.86. The standard InChI is InChI=1S/C13H10F3O3SSe/c14-13(15,16)20(17,18)19-21(11-7-3-1-4-8-11)12-9-5-2-6-10-12/h1-10H. The van der Waals surface area contributed by atoms with E-state index < -0.39 is 29.9 Å². The molecule has 8 heteroatoms. The van der Waals surface area contributed by atoms with Gasteiger partial charge in [-0.25, -0.2) is 0 Å². The number of benzene rings is 2. The molecule has 0 saturated carbocycles. The van der Waals surface area contributed by atoms with Gasteiger partial charge in [-0.15, -0.1) is 0 Å². The molecule has 1 radical (unpaired) electrons. The van der Waals surface area contributed by atoms with Gasteiger partial charge >= 0.3 is 124 Å². The molecule has 0 aromatic heterocycles. The van der Waals surface area contributed by atoms with E-state index in [1.165, 1.54) is 0 Å². The number of halogens is 3. The van der Waals surface area contributed by atoms with E-state index in [1.807, 2.05) is 0 Å².